The molecule has 0 atom stereocenters. The molecule has 0 heterocycles. The summed E-state index contributed by atoms with van der Waals surface area (Å²) in [6, 6.07) is 8.34. The van der Waals surface area contributed by atoms with E-state index in [9.17, 15) is 4.39 Å². The van der Waals surface area contributed by atoms with Gasteiger partial charge in [-0.15, -0.1) is 6.58 Å². The van der Waals surface area contributed by atoms with Crippen molar-refractivity contribution >= 4 is 27.5 Å². The van der Waals surface area contributed by atoms with Crippen LogP contribution in [0.15, 0.2) is 47.5 Å². The summed E-state index contributed by atoms with van der Waals surface area (Å²) in [4.78, 5) is 0. The van der Waals surface area contributed by atoms with Crippen LogP contribution in [0, 0.1) is 5.82 Å². The lowest BCUT2D eigenvalue weighted by molar-refractivity contribution is 0.277. The summed E-state index contributed by atoms with van der Waals surface area (Å²) in [7, 11) is 1.56. The topological polar surface area (TPSA) is 30.5 Å². The summed E-state index contributed by atoms with van der Waals surface area (Å²) in [6.07, 6.45) is 1.79. The highest BCUT2D eigenvalue weighted by Gasteiger charge is 2.14. The second kappa shape index (κ2) is 9.06. The molecule has 24 heavy (non-hydrogen) atoms. The maximum Gasteiger partial charge on any atom is 0.175 e. The Labute approximate surface area is 154 Å². The van der Waals surface area contributed by atoms with Crippen molar-refractivity contribution in [1.82, 2.24) is 5.32 Å². The molecule has 1 N–H and O–H groups in total. The Hall–Kier alpha value is -1.56. The summed E-state index contributed by atoms with van der Waals surface area (Å²) in [6.45, 7) is 5.05. The fourth-order valence-electron chi connectivity index (χ4n) is 2.15. The van der Waals surface area contributed by atoms with Crippen molar-refractivity contribution in [3.8, 4) is 11.5 Å². The van der Waals surface area contributed by atoms with Crippen molar-refractivity contribution in [2.45, 2.75) is 13.2 Å². The molecule has 2 aromatic rings. The Bertz CT molecular complexity index is 704. The van der Waals surface area contributed by atoms with Gasteiger partial charge < -0.3 is 14.8 Å². The molecule has 6 heteroatoms. The molecule has 0 bridgehead atoms. The summed E-state index contributed by atoms with van der Waals surface area (Å²) in [5.74, 6) is 0.666. The number of halogens is 3. The number of ether oxygens (including phenoxy) is 2. The first-order valence-electron chi connectivity index (χ1n) is 7.30. The first-order valence-corrected chi connectivity index (χ1v) is 8.47. The second-order valence-electron chi connectivity index (χ2n) is 5.02. The minimum absolute atomic E-state index is 0.00846. The number of methoxy groups -OCH3 is 1. The van der Waals surface area contributed by atoms with Crippen LogP contribution in [0.2, 0.25) is 5.02 Å². The van der Waals surface area contributed by atoms with E-state index in [-0.39, 0.29) is 6.61 Å². The first-order chi connectivity index (χ1) is 11.6. The van der Waals surface area contributed by atoms with Gasteiger partial charge >= 0.3 is 0 Å². The zero-order valence-electron chi connectivity index (χ0n) is 13.2. The molecule has 2 aromatic carbocycles. The first kappa shape index (κ1) is 18.8. The molecular formula is C18H18BrClFNO2. The van der Waals surface area contributed by atoms with Gasteiger partial charge in [-0.3, -0.25) is 0 Å². The van der Waals surface area contributed by atoms with Crippen molar-refractivity contribution in [3.63, 3.8) is 0 Å². The molecule has 0 unspecified atom stereocenters. The van der Waals surface area contributed by atoms with Crippen LogP contribution in [0.3, 0.4) is 0 Å². The van der Waals surface area contributed by atoms with Gasteiger partial charge in [0.05, 0.1) is 16.6 Å². The maximum absolute atomic E-state index is 13.8. The number of nitrogens with one attached hydrogen (secondary N) is 1. The lowest BCUT2D eigenvalue weighted by Crippen LogP contribution is -2.12. The molecule has 0 radical (unpaired) electrons. The third-order valence-corrected chi connectivity index (χ3v) is 4.27. The van der Waals surface area contributed by atoms with Crippen LogP contribution in [-0.2, 0) is 13.2 Å². The number of hydrogen-bond acceptors (Lipinski definition) is 3. The molecule has 0 aliphatic carbocycles. The number of benzene rings is 2. The molecule has 0 saturated heterocycles. The highest BCUT2D eigenvalue weighted by molar-refractivity contribution is 9.10. The Morgan fingerprint density at radius 1 is 1.38 bits per heavy atom. The van der Waals surface area contributed by atoms with Crippen LogP contribution < -0.4 is 14.8 Å². The molecule has 2 rings (SSSR count). The summed E-state index contributed by atoms with van der Waals surface area (Å²) in [5, 5.41) is 3.55. The van der Waals surface area contributed by atoms with Gasteiger partial charge in [0.2, 0.25) is 0 Å². The average molecular weight is 415 g/mol. The molecule has 3 nitrogen and oxygen atoms in total. The molecule has 0 fully saturated rings. The van der Waals surface area contributed by atoms with E-state index in [4.69, 9.17) is 21.1 Å². The van der Waals surface area contributed by atoms with E-state index in [1.54, 1.807) is 25.3 Å². The van der Waals surface area contributed by atoms with E-state index in [2.05, 4.69) is 27.8 Å². The van der Waals surface area contributed by atoms with E-state index in [1.807, 2.05) is 12.1 Å². The van der Waals surface area contributed by atoms with E-state index >= 15 is 0 Å². The summed E-state index contributed by atoms with van der Waals surface area (Å²) >= 11 is 9.50. The predicted molar refractivity (Wildman–Crippen MR) is 98.3 cm³/mol. The quantitative estimate of drug-likeness (QED) is 0.481. The molecule has 128 valence electrons. The molecule has 0 saturated carbocycles. The highest BCUT2D eigenvalue weighted by Crippen LogP contribution is 2.37. The summed E-state index contributed by atoms with van der Waals surface area (Å²) in [5.41, 5.74) is 1.33. The maximum atomic E-state index is 13.8. The molecule has 0 aliphatic heterocycles. The SMILES string of the molecule is C=CCNCc1cc(Br)c(OCc2c(F)cccc2Cl)c(OC)c1. The van der Waals surface area contributed by atoms with Gasteiger partial charge in [-0.1, -0.05) is 23.7 Å². The minimum Gasteiger partial charge on any atom is -0.493 e. The largest absolute Gasteiger partial charge is 0.493 e. The minimum atomic E-state index is -0.400. The lowest BCUT2D eigenvalue weighted by Gasteiger charge is -2.15. The standard InChI is InChI=1S/C18H18BrClFNO2/c1-3-7-22-10-12-8-14(19)18(17(9-12)23-2)24-11-13-15(20)5-4-6-16(13)21/h3-6,8-9,22H,1,7,10-11H2,2H3. The number of hydrogen-bond donors (Lipinski definition) is 1. The second-order valence-corrected chi connectivity index (χ2v) is 6.28. The van der Waals surface area contributed by atoms with E-state index in [0.717, 1.165) is 10.0 Å². The van der Waals surface area contributed by atoms with Crippen LogP contribution >= 0.6 is 27.5 Å². The molecular weight excluding hydrogens is 397 g/mol. The molecule has 0 spiro atoms. The van der Waals surface area contributed by atoms with Gasteiger partial charge in [0, 0.05) is 18.7 Å². The van der Waals surface area contributed by atoms with Gasteiger partial charge in [0.25, 0.3) is 0 Å². The van der Waals surface area contributed by atoms with Crippen molar-refractivity contribution in [3.05, 3.63) is 69.4 Å². The van der Waals surface area contributed by atoms with Crippen LogP contribution in [0.25, 0.3) is 0 Å². The zero-order valence-corrected chi connectivity index (χ0v) is 15.6. The van der Waals surface area contributed by atoms with E-state index in [0.29, 0.717) is 35.2 Å². The lowest BCUT2D eigenvalue weighted by atomic mass is 10.2. The van der Waals surface area contributed by atoms with Crippen LogP contribution in [0.5, 0.6) is 11.5 Å². The van der Waals surface area contributed by atoms with E-state index in [1.165, 1.54) is 6.07 Å². The third kappa shape index (κ3) is 4.72. The van der Waals surface area contributed by atoms with Crippen LogP contribution in [0.4, 0.5) is 4.39 Å². The number of rotatable bonds is 8. The van der Waals surface area contributed by atoms with Gasteiger partial charge in [-0.05, 0) is 45.8 Å². The van der Waals surface area contributed by atoms with Crippen LogP contribution in [0.1, 0.15) is 11.1 Å². The Kier molecular flexibility index (Phi) is 7.09. The Morgan fingerprint density at radius 3 is 2.83 bits per heavy atom. The third-order valence-electron chi connectivity index (χ3n) is 3.33. The molecule has 0 amide bonds. The summed E-state index contributed by atoms with van der Waals surface area (Å²) < 4.78 is 25.7. The molecule has 0 aromatic heterocycles. The van der Waals surface area contributed by atoms with Crippen molar-refractivity contribution in [1.29, 1.82) is 0 Å². The zero-order chi connectivity index (χ0) is 17.5. The van der Waals surface area contributed by atoms with E-state index < -0.39 is 5.82 Å². The van der Waals surface area contributed by atoms with Crippen molar-refractivity contribution in [2.24, 2.45) is 0 Å². The van der Waals surface area contributed by atoms with Gasteiger partial charge in [-0.25, -0.2) is 4.39 Å². The Balaban J connectivity index is 2.19. The van der Waals surface area contributed by atoms with Crippen molar-refractivity contribution in [2.75, 3.05) is 13.7 Å². The Morgan fingerprint density at radius 2 is 2.17 bits per heavy atom. The predicted octanol–water partition coefficient (Wildman–Crippen LogP) is 5.10. The smallest absolute Gasteiger partial charge is 0.175 e. The fourth-order valence-corrected chi connectivity index (χ4v) is 2.97. The average Bonchev–Trinajstić information content (AvgIpc) is 2.55. The fraction of sp³-hybridized carbons (Fsp3) is 0.222. The van der Waals surface area contributed by atoms with Crippen LogP contribution in [-0.4, -0.2) is 13.7 Å². The van der Waals surface area contributed by atoms with Gasteiger partial charge in [0.1, 0.15) is 12.4 Å². The molecule has 0 aliphatic rings. The van der Waals surface area contributed by atoms with Gasteiger partial charge in [-0.2, -0.15) is 0 Å². The van der Waals surface area contributed by atoms with Gasteiger partial charge in [0.15, 0.2) is 11.5 Å². The van der Waals surface area contributed by atoms with Crippen molar-refractivity contribution < 1.29 is 13.9 Å². The normalized spacial score (nSPS) is 10.5. The monoisotopic (exact) mass is 413 g/mol. The highest BCUT2D eigenvalue weighted by atomic mass is 79.9.